The lowest BCUT2D eigenvalue weighted by atomic mass is 10.0. The second-order valence-corrected chi connectivity index (χ2v) is 5.34. The molecular formula is C10H11ClFNS. The van der Waals surface area contributed by atoms with Gasteiger partial charge in [0.2, 0.25) is 0 Å². The molecule has 0 saturated carbocycles. The van der Waals surface area contributed by atoms with Crippen LogP contribution in [0.25, 0.3) is 0 Å². The Labute approximate surface area is 93.3 Å². The van der Waals surface area contributed by atoms with Crippen molar-refractivity contribution in [3.8, 4) is 0 Å². The summed E-state index contributed by atoms with van der Waals surface area (Å²) in [7, 11) is 1.91. The van der Waals surface area contributed by atoms with E-state index in [2.05, 4.69) is 12.6 Å². The third-order valence-corrected chi connectivity index (χ3v) is 3.11. The first-order valence-electron chi connectivity index (χ1n) is 4.35. The molecule has 1 unspecified atom stereocenters. The summed E-state index contributed by atoms with van der Waals surface area (Å²) in [5, 5.41) is 0.430. The van der Waals surface area contributed by atoms with Gasteiger partial charge in [-0.1, -0.05) is 11.6 Å². The van der Waals surface area contributed by atoms with Crippen LogP contribution in [-0.2, 0) is 4.75 Å². The van der Waals surface area contributed by atoms with Crippen LogP contribution in [0.5, 0.6) is 0 Å². The zero-order valence-electron chi connectivity index (χ0n) is 8.01. The standard InChI is InChI=1S/C10H11ClFNS/c1-10(14)5-13(2)8-4-6(11)3-7(12)9(8)10/h3-4,14H,5H2,1-2H3. The highest BCUT2D eigenvalue weighted by atomic mass is 35.5. The summed E-state index contributed by atoms with van der Waals surface area (Å²) in [6.45, 7) is 2.61. The van der Waals surface area contributed by atoms with Gasteiger partial charge in [-0.15, -0.1) is 0 Å². The van der Waals surface area contributed by atoms with E-state index in [0.717, 1.165) is 5.69 Å². The second kappa shape index (κ2) is 3.04. The third-order valence-electron chi connectivity index (χ3n) is 2.53. The van der Waals surface area contributed by atoms with E-state index in [4.69, 9.17) is 11.6 Å². The summed E-state index contributed by atoms with van der Waals surface area (Å²) in [5.41, 5.74) is 1.49. The maximum absolute atomic E-state index is 13.7. The average molecular weight is 232 g/mol. The number of rotatable bonds is 0. The topological polar surface area (TPSA) is 3.24 Å². The van der Waals surface area contributed by atoms with E-state index in [0.29, 0.717) is 17.1 Å². The largest absolute Gasteiger partial charge is 0.372 e. The van der Waals surface area contributed by atoms with Gasteiger partial charge in [-0.3, -0.25) is 0 Å². The average Bonchev–Trinajstić information content (AvgIpc) is 2.21. The van der Waals surface area contributed by atoms with Gasteiger partial charge in [0.1, 0.15) is 5.82 Å². The number of fused-ring (bicyclic) bond motifs is 1. The van der Waals surface area contributed by atoms with E-state index in [1.807, 2.05) is 18.9 Å². The molecule has 2 rings (SSSR count). The molecule has 0 amide bonds. The van der Waals surface area contributed by atoms with Crippen LogP contribution in [0.4, 0.5) is 10.1 Å². The summed E-state index contributed by atoms with van der Waals surface area (Å²) in [5.74, 6) is -0.269. The number of benzene rings is 1. The predicted octanol–water partition coefficient (Wildman–Crippen LogP) is 3.07. The van der Waals surface area contributed by atoms with Crippen molar-refractivity contribution >= 4 is 29.9 Å². The predicted molar refractivity (Wildman–Crippen MR) is 61.0 cm³/mol. The molecular weight excluding hydrogens is 221 g/mol. The number of hydrogen-bond acceptors (Lipinski definition) is 2. The van der Waals surface area contributed by atoms with E-state index in [1.54, 1.807) is 6.07 Å². The smallest absolute Gasteiger partial charge is 0.131 e. The van der Waals surface area contributed by atoms with E-state index in [-0.39, 0.29) is 5.82 Å². The Morgan fingerprint density at radius 1 is 1.57 bits per heavy atom. The van der Waals surface area contributed by atoms with Crippen LogP contribution in [0.15, 0.2) is 12.1 Å². The Bertz CT molecular complexity index is 392. The second-order valence-electron chi connectivity index (χ2n) is 3.91. The number of halogens is 2. The zero-order valence-corrected chi connectivity index (χ0v) is 9.66. The fourth-order valence-corrected chi connectivity index (χ4v) is 2.65. The molecule has 1 aromatic rings. The van der Waals surface area contributed by atoms with Crippen LogP contribution in [-0.4, -0.2) is 13.6 Å². The van der Waals surface area contributed by atoms with Gasteiger partial charge in [0.05, 0.1) is 4.75 Å². The van der Waals surface area contributed by atoms with Crippen molar-refractivity contribution in [2.75, 3.05) is 18.5 Å². The minimum atomic E-state index is -0.432. The molecule has 0 radical (unpaired) electrons. The number of nitrogens with zero attached hydrogens (tertiary/aromatic N) is 1. The van der Waals surface area contributed by atoms with Gasteiger partial charge in [0.25, 0.3) is 0 Å². The molecule has 1 atom stereocenters. The van der Waals surface area contributed by atoms with E-state index >= 15 is 0 Å². The maximum atomic E-state index is 13.7. The van der Waals surface area contributed by atoms with Gasteiger partial charge in [-0.25, -0.2) is 4.39 Å². The highest BCUT2D eigenvalue weighted by molar-refractivity contribution is 7.81. The number of likely N-dealkylation sites (N-methyl/N-ethyl adjacent to an activating group) is 1. The molecule has 1 aromatic carbocycles. The molecule has 0 fully saturated rings. The molecule has 0 saturated heterocycles. The number of thiol groups is 1. The van der Waals surface area contributed by atoms with Gasteiger partial charge >= 0.3 is 0 Å². The number of hydrogen-bond donors (Lipinski definition) is 1. The Balaban J connectivity index is 2.69. The fraction of sp³-hybridized carbons (Fsp3) is 0.400. The van der Waals surface area contributed by atoms with Gasteiger partial charge < -0.3 is 4.90 Å². The first kappa shape index (κ1) is 10.1. The Hall–Kier alpha value is -0.410. The molecule has 0 spiro atoms. The van der Waals surface area contributed by atoms with Crippen molar-refractivity contribution in [3.63, 3.8) is 0 Å². The van der Waals surface area contributed by atoms with E-state index in [1.165, 1.54) is 6.07 Å². The quantitative estimate of drug-likeness (QED) is 0.672. The number of anilines is 1. The zero-order chi connectivity index (χ0) is 10.5. The minimum absolute atomic E-state index is 0.269. The van der Waals surface area contributed by atoms with Gasteiger partial charge in [-0.2, -0.15) is 12.6 Å². The normalized spacial score (nSPS) is 25.4. The van der Waals surface area contributed by atoms with Crippen LogP contribution >= 0.6 is 24.2 Å². The molecule has 14 heavy (non-hydrogen) atoms. The minimum Gasteiger partial charge on any atom is -0.372 e. The molecule has 1 nitrogen and oxygen atoms in total. The highest BCUT2D eigenvalue weighted by Crippen LogP contribution is 2.44. The molecule has 1 aliphatic heterocycles. The van der Waals surface area contributed by atoms with Crippen molar-refractivity contribution < 1.29 is 4.39 Å². The lowest BCUT2D eigenvalue weighted by Gasteiger charge is -2.17. The van der Waals surface area contributed by atoms with Crippen molar-refractivity contribution in [3.05, 3.63) is 28.5 Å². The van der Waals surface area contributed by atoms with Crippen molar-refractivity contribution in [2.24, 2.45) is 0 Å². The monoisotopic (exact) mass is 231 g/mol. The first-order valence-corrected chi connectivity index (χ1v) is 5.17. The third kappa shape index (κ3) is 1.39. The fourth-order valence-electron chi connectivity index (χ4n) is 2.02. The lowest BCUT2D eigenvalue weighted by Crippen LogP contribution is -2.23. The summed E-state index contributed by atoms with van der Waals surface area (Å²) >= 11 is 10.3. The lowest BCUT2D eigenvalue weighted by molar-refractivity contribution is 0.591. The Morgan fingerprint density at radius 3 is 2.86 bits per heavy atom. The SMILES string of the molecule is CN1CC(C)(S)c2c(F)cc(Cl)cc21. The van der Waals surface area contributed by atoms with Crippen LogP contribution in [0, 0.1) is 5.82 Å². The summed E-state index contributed by atoms with van der Waals surface area (Å²) in [4.78, 5) is 1.97. The molecule has 0 N–H and O–H groups in total. The van der Waals surface area contributed by atoms with Crippen molar-refractivity contribution in [1.82, 2.24) is 0 Å². The first-order chi connectivity index (χ1) is 6.42. The Morgan fingerprint density at radius 2 is 2.21 bits per heavy atom. The summed E-state index contributed by atoms with van der Waals surface area (Å²) in [6, 6.07) is 3.12. The Kier molecular flexibility index (Phi) is 2.20. The summed E-state index contributed by atoms with van der Waals surface area (Å²) in [6.07, 6.45) is 0. The highest BCUT2D eigenvalue weighted by Gasteiger charge is 2.37. The van der Waals surface area contributed by atoms with Crippen LogP contribution in [0.3, 0.4) is 0 Å². The van der Waals surface area contributed by atoms with E-state index < -0.39 is 4.75 Å². The van der Waals surface area contributed by atoms with Crippen molar-refractivity contribution in [1.29, 1.82) is 0 Å². The maximum Gasteiger partial charge on any atom is 0.131 e. The molecule has 1 aliphatic rings. The van der Waals surface area contributed by atoms with Gasteiger partial charge in [0.15, 0.2) is 0 Å². The molecule has 76 valence electrons. The molecule has 1 heterocycles. The van der Waals surface area contributed by atoms with Gasteiger partial charge in [-0.05, 0) is 19.1 Å². The molecule has 4 heteroatoms. The molecule has 0 bridgehead atoms. The molecule has 0 aromatic heterocycles. The van der Waals surface area contributed by atoms with Crippen LogP contribution < -0.4 is 4.90 Å². The summed E-state index contributed by atoms with van der Waals surface area (Å²) < 4.78 is 13.2. The molecule has 0 aliphatic carbocycles. The van der Waals surface area contributed by atoms with Crippen LogP contribution in [0.2, 0.25) is 5.02 Å². The van der Waals surface area contributed by atoms with Crippen molar-refractivity contribution in [2.45, 2.75) is 11.7 Å². The van der Waals surface area contributed by atoms with Gasteiger partial charge in [0, 0.05) is 29.9 Å². The van der Waals surface area contributed by atoms with Crippen LogP contribution in [0.1, 0.15) is 12.5 Å². The van der Waals surface area contributed by atoms with E-state index in [9.17, 15) is 4.39 Å².